The van der Waals surface area contributed by atoms with Gasteiger partial charge in [0.2, 0.25) is 0 Å². The van der Waals surface area contributed by atoms with Crippen LogP contribution in [0.3, 0.4) is 0 Å². The number of hydrogen-bond acceptors (Lipinski definition) is 3. The van der Waals surface area contributed by atoms with Crippen LogP contribution >= 0.6 is 0 Å². The molecule has 0 aromatic heterocycles. The van der Waals surface area contributed by atoms with E-state index in [4.69, 9.17) is 6.64 Å². The van der Waals surface area contributed by atoms with Gasteiger partial charge in [-0.05, 0) is 0 Å². The standard InChI is InChI=1S/C4H10N.2C3H7O.Ti/c1-4(2,3)5;2*1-3(2)4;/h5H,1-3H3;2*3H,1-2H3;/q3*-1;+3. The third kappa shape index (κ3) is 9.16. The summed E-state index contributed by atoms with van der Waals surface area (Å²) in [4.78, 5) is 0. The molecule has 0 amide bonds. The van der Waals surface area contributed by atoms with Gasteiger partial charge in [0.1, 0.15) is 0 Å². The molecule has 0 atom stereocenters. The Morgan fingerprint density at radius 3 is 1.50 bits per heavy atom. The van der Waals surface area contributed by atoms with E-state index in [1.54, 1.807) is 0 Å². The van der Waals surface area contributed by atoms with E-state index in [2.05, 4.69) is 24.6 Å². The van der Waals surface area contributed by atoms with Gasteiger partial charge < -0.3 is 0 Å². The summed E-state index contributed by atoms with van der Waals surface area (Å²) < 4.78 is 15.0. The summed E-state index contributed by atoms with van der Waals surface area (Å²) in [5.41, 5.74) is 0.0686. The molecule has 3 nitrogen and oxygen atoms in total. The molecular formula is C10H24NO2Ti. The molecule has 0 rings (SSSR count). The molecule has 0 unspecified atom stereocenters. The molecule has 85 valence electrons. The van der Waals surface area contributed by atoms with Gasteiger partial charge in [0.25, 0.3) is 0 Å². The van der Waals surface area contributed by atoms with Crippen LogP contribution in [0.5, 0.6) is 0 Å². The van der Waals surface area contributed by atoms with Crippen molar-refractivity contribution < 1.29 is 25.5 Å². The first kappa shape index (κ1) is 14.6. The van der Waals surface area contributed by atoms with Crippen molar-refractivity contribution >= 4 is 0 Å². The van der Waals surface area contributed by atoms with Crippen molar-refractivity contribution in [3.8, 4) is 0 Å². The Hall–Kier alpha value is 0.594. The molecule has 14 heavy (non-hydrogen) atoms. The maximum absolute atomic E-state index is 5.77. The second kappa shape index (κ2) is 6.24. The Kier molecular flexibility index (Phi) is 6.50. The number of rotatable bonds is 5. The van der Waals surface area contributed by atoms with E-state index in [0.717, 1.165) is 0 Å². The Labute approximate surface area is 95.6 Å². The molecule has 0 aromatic carbocycles. The molecule has 4 heteroatoms. The zero-order valence-electron chi connectivity index (χ0n) is 10.5. The van der Waals surface area contributed by atoms with Gasteiger partial charge in [0.05, 0.1) is 0 Å². The van der Waals surface area contributed by atoms with E-state index in [0.29, 0.717) is 0 Å². The Bertz CT molecular complexity index is 145. The topological polar surface area (TPSA) is 30.5 Å². The van der Waals surface area contributed by atoms with Crippen LogP contribution in [-0.2, 0) is 25.5 Å². The summed E-state index contributed by atoms with van der Waals surface area (Å²) in [6.45, 7) is 14.6. The van der Waals surface area contributed by atoms with Crippen LogP contribution in [0.2, 0.25) is 0 Å². The minimum absolute atomic E-state index is 0.0686. The average Bonchev–Trinajstić information content (AvgIpc) is 1.77. The minimum atomic E-state index is -2.00. The van der Waals surface area contributed by atoms with Gasteiger partial charge in [0, 0.05) is 0 Å². The fraction of sp³-hybridized carbons (Fsp3) is 1.00. The van der Waals surface area contributed by atoms with Crippen LogP contribution in [0.25, 0.3) is 0 Å². The Morgan fingerprint density at radius 1 is 0.929 bits per heavy atom. The Balaban J connectivity index is 4.11. The molecule has 0 saturated heterocycles. The third-order valence-corrected chi connectivity index (χ3v) is 4.79. The van der Waals surface area contributed by atoms with Crippen molar-refractivity contribution in [2.45, 2.75) is 66.2 Å². The van der Waals surface area contributed by atoms with Crippen LogP contribution in [0, 0.1) is 0 Å². The second-order valence-electron chi connectivity index (χ2n) is 5.00. The molecule has 0 heterocycles. The van der Waals surface area contributed by atoms with Crippen LogP contribution in [-0.4, -0.2) is 17.7 Å². The Morgan fingerprint density at radius 2 is 1.29 bits per heavy atom. The fourth-order valence-corrected chi connectivity index (χ4v) is 3.39. The summed E-state index contributed by atoms with van der Waals surface area (Å²) in [5.74, 6) is 0. The van der Waals surface area contributed by atoms with Gasteiger partial charge in [-0.25, -0.2) is 0 Å². The zero-order chi connectivity index (χ0) is 11.4. The van der Waals surface area contributed by atoms with Crippen molar-refractivity contribution in [3.05, 3.63) is 0 Å². The second-order valence-corrected chi connectivity index (χ2v) is 7.02. The van der Waals surface area contributed by atoms with Gasteiger partial charge >= 0.3 is 95.6 Å². The molecule has 0 aromatic rings. The van der Waals surface area contributed by atoms with E-state index in [1.807, 2.05) is 27.7 Å². The molecule has 0 radical (unpaired) electrons. The molecule has 0 saturated carbocycles. The molecule has 0 aliphatic rings. The molecule has 0 bridgehead atoms. The van der Waals surface area contributed by atoms with Crippen LogP contribution in [0.15, 0.2) is 0 Å². The predicted molar refractivity (Wildman–Crippen MR) is 55.3 cm³/mol. The van der Waals surface area contributed by atoms with Gasteiger partial charge in [0.15, 0.2) is 0 Å². The van der Waals surface area contributed by atoms with E-state index in [1.165, 1.54) is 0 Å². The first-order valence-corrected chi connectivity index (χ1v) is 7.24. The average molecular weight is 238 g/mol. The van der Waals surface area contributed by atoms with E-state index < -0.39 is 18.9 Å². The third-order valence-electron chi connectivity index (χ3n) is 1.16. The van der Waals surface area contributed by atoms with Crippen molar-refractivity contribution in [2.75, 3.05) is 0 Å². The quantitative estimate of drug-likeness (QED) is 0.747. The van der Waals surface area contributed by atoms with Crippen molar-refractivity contribution in [3.63, 3.8) is 0 Å². The molecular weight excluding hydrogens is 214 g/mol. The van der Waals surface area contributed by atoms with Crippen LogP contribution in [0.4, 0.5) is 0 Å². The monoisotopic (exact) mass is 238 g/mol. The summed E-state index contributed by atoms with van der Waals surface area (Å²) in [6.07, 6.45) is 0.470. The van der Waals surface area contributed by atoms with Gasteiger partial charge in [-0.1, -0.05) is 0 Å². The molecule has 0 aliphatic carbocycles. The summed E-state index contributed by atoms with van der Waals surface area (Å²) >= 11 is -2.00. The van der Waals surface area contributed by atoms with Gasteiger partial charge in [-0.15, -0.1) is 0 Å². The molecule has 0 spiro atoms. The van der Waals surface area contributed by atoms with E-state index in [9.17, 15) is 0 Å². The molecule has 0 aliphatic heterocycles. The SMILES string of the molecule is CC(C)[O][Ti]([NH]C(C)(C)C)[O]C(C)C. The van der Waals surface area contributed by atoms with Gasteiger partial charge in [-0.2, -0.15) is 0 Å². The van der Waals surface area contributed by atoms with Crippen molar-refractivity contribution in [2.24, 2.45) is 0 Å². The van der Waals surface area contributed by atoms with Crippen LogP contribution in [0.1, 0.15) is 48.5 Å². The van der Waals surface area contributed by atoms with Gasteiger partial charge in [-0.3, -0.25) is 0 Å². The summed E-state index contributed by atoms with van der Waals surface area (Å²) in [6, 6.07) is 0. The van der Waals surface area contributed by atoms with Crippen LogP contribution < -0.4 is 3.80 Å². The zero-order valence-corrected chi connectivity index (χ0v) is 12.0. The van der Waals surface area contributed by atoms with E-state index in [-0.39, 0.29) is 17.7 Å². The van der Waals surface area contributed by atoms with E-state index >= 15 is 0 Å². The fourth-order valence-electron chi connectivity index (χ4n) is 0.821. The maximum atomic E-state index is 5.77. The molecule has 0 fully saturated rings. The van der Waals surface area contributed by atoms with Crippen molar-refractivity contribution in [1.29, 1.82) is 0 Å². The first-order chi connectivity index (χ1) is 6.20. The first-order valence-electron chi connectivity index (χ1n) is 5.19. The summed E-state index contributed by atoms with van der Waals surface area (Å²) in [7, 11) is 0. The number of nitrogens with one attached hydrogen (secondary N) is 1. The normalized spacial score (nSPS) is 12.6. The van der Waals surface area contributed by atoms with Crippen molar-refractivity contribution in [1.82, 2.24) is 3.80 Å². The predicted octanol–water partition coefficient (Wildman–Crippen LogP) is 2.59. The number of hydrogen-bond donors (Lipinski definition) is 1. The summed E-state index contributed by atoms with van der Waals surface area (Å²) in [5, 5.41) is 0. The molecule has 1 N–H and O–H groups in total.